The molecule has 3 rings (SSSR count). The summed E-state index contributed by atoms with van der Waals surface area (Å²) in [6.07, 6.45) is 3.49. The number of carbonyl (C=O) groups is 1. The minimum absolute atomic E-state index is 0.281. The van der Waals surface area contributed by atoms with Crippen molar-refractivity contribution in [1.82, 2.24) is 4.98 Å². The second-order valence-corrected chi connectivity index (χ2v) is 5.28. The van der Waals surface area contributed by atoms with Crippen molar-refractivity contribution in [2.24, 2.45) is 0 Å². The molecule has 1 aliphatic carbocycles. The van der Waals surface area contributed by atoms with Crippen LogP contribution in [0.2, 0.25) is 0 Å². The Hall–Kier alpha value is -1.82. The molecule has 2 fully saturated rings. The van der Waals surface area contributed by atoms with Crippen LogP contribution in [0.25, 0.3) is 0 Å². The van der Waals surface area contributed by atoms with E-state index in [0.717, 1.165) is 31.7 Å². The van der Waals surface area contributed by atoms with Crippen LogP contribution >= 0.6 is 0 Å². The van der Waals surface area contributed by atoms with Crippen molar-refractivity contribution in [2.45, 2.75) is 25.3 Å². The van der Waals surface area contributed by atoms with E-state index in [9.17, 15) is 9.90 Å². The zero-order chi connectivity index (χ0) is 13.9. The summed E-state index contributed by atoms with van der Waals surface area (Å²) in [4.78, 5) is 17.9. The van der Waals surface area contributed by atoms with E-state index in [1.165, 1.54) is 6.42 Å². The molecule has 0 radical (unpaired) electrons. The van der Waals surface area contributed by atoms with Crippen molar-refractivity contribution in [3.05, 3.63) is 17.7 Å². The van der Waals surface area contributed by atoms with Gasteiger partial charge in [-0.2, -0.15) is 0 Å². The molecule has 0 aromatic carbocycles. The first-order valence-electron chi connectivity index (χ1n) is 7.07. The number of morpholine rings is 1. The third-order valence-corrected chi connectivity index (χ3v) is 3.85. The van der Waals surface area contributed by atoms with Gasteiger partial charge in [0, 0.05) is 19.1 Å². The van der Waals surface area contributed by atoms with E-state index in [0.29, 0.717) is 25.1 Å². The Bertz CT molecular complexity index is 496. The number of hydrogen-bond donors (Lipinski definition) is 2. The maximum atomic E-state index is 11.3. The van der Waals surface area contributed by atoms with Crippen molar-refractivity contribution < 1.29 is 14.6 Å². The summed E-state index contributed by atoms with van der Waals surface area (Å²) in [7, 11) is 0. The van der Waals surface area contributed by atoms with Gasteiger partial charge in [0.05, 0.1) is 18.8 Å². The first kappa shape index (κ1) is 13.2. The van der Waals surface area contributed by atoms with Crippen molar-refractivity contribution >= 4 is 17.6 Å². The molecule has 20 heavy (non-hydrogen) atoms. The molecule has 1 saturated heterocycles. The van der Waals surface area contributed by atoms with Crippen LogP contribution in [0.15, 0.2) is 12.1 Å². The SMILES string of the molecule is O=C(O)c1cc(NC2CCC2)nc(N2CCOCC2)c1. The number of aromatic nitrogens is 1. The lowest BCUT2D eigenvalue weighted by Crippen LogP contribution is -2.37. The highest BCUT2D eigenvalue weighted by Gasteiger charge is 2.20. The summed E-state index contributed by atoms with van der Waals surface area (Å²) in [6, 6.07) is 3.69. The number of rotatable bonds is 4. The molecule has 1 aliphatic heterocycles. The lowest BCUT2D eigenvalue weighted by molar-refractivity contribution is 0.0697. The van der Waals surface area contributed by atoms with E-state index in [1.54, 1.807) is 12.1 Å². The fourth-order valence-corrected chi connectivity index (χ4v) is 2.43. The van der Waals surface area contributed by atoms with Crippen LogP contribution in [0.1, 0.15) is 29.6 Å². The van der Waals surface area contributed by atoms with Gasteiger partial charge in [-0.15, -0.1) is 0 Å². The summed E-state index contributed by atoms with van der Waals surface area (Å²) in [5.41, 5.74) is 0.281. The van der Waals surface area contributed by atoms with Crippen LogP contribution in [0.4, 0.5) is 11.6 Å². The maximum Gasteiger partial charge on any atom is 0.335 e. The van der Waals surface area contributed by atoms with E-state index >= 15 is 0 Å². The number of aromatic carboxylic acids is 1. The summed E-state index contributed by atoms with van der Waals surface area (Å²) < 4.78 is 5.32. The number of carboxylic acid groups (broad SMARTS) is 1. The van der Waals surface area contributed by atoms with E-state index < -0.39 is 5.97 Å². The van der Waals surface area contributed by atoms with Gasteiger partial charge < -0.3 is 20.1 Å². The van der Waals surface area contributed by atoms with E-state index in [4.69, 9.17) is 4.74 Å². The van der Waals surface area contributed by atoms with Gasteiger partial charge in [-0.1, -0.05) is 0 Å². The van der Waals surface area contributed by atoms with E-state index in [-0.39, 0.29) is 5.56 Å². The highest BCUT2D eigenvalue weighted by Crippen LogP contribution is 2.25. The van der Waals surface area contributed by atoms with Crippen LogP contribution in [-0.2, 0) is 4.74 Å². The fraction of sp³-hybridized carbons (Fsp3) is 0.571. The first-order chi connectivity index (χ1) is 9.72. The molecule has 0 amide bonds. The van der Waals surface area contributed by atoms with Gasteiger partial charge in [-0.05, 0) is 31.4 Å². The third-order valence-electron chi connectivity index (χ3n) is 3.85. The molecule has 6 nitrogen and oxygen atoms in total. The molecule has 1 aromatic rings. The number of carboxylic acids is 1. The largest absolute Gasteiger partial charge is 0.478 e. The Morgan fingerprint density at radius 3 is 2.70 bits per heavy atom. The lowest BCUT2D eigenvalue weighted by Gasteiger charge is -2.30. The minimum atomic E-state index is -0.918. The summed E-state index contributed by atoms with van der Waals surface area (Å²) >= 11 is 0. The summed E-state index contributed by atoms with van der Waals surface area (Å²) in [5, 5.41) is 12.6. The van der Waals surface area contributed by atoms with Crippen LogP contribution in [-0.4, -0.2) is 48.4 Å². The van der Waals surface area contributed by atoms with Gasteiger partial charge in [0.1, 0.15) is 11.6 Å². The Morgan fingerprint density at radius 2 is 2.10 bits per heavy atom. The van der Waals surface area contributed by atoms with Gasteiger partial charge in [-0.25, -0.2) is 9.78 Å². The molecule has 2 aliphatic rings. The number of nitrogens with zero attached hydrogens (tertiary/aromatic N) is 2. The molecule has 0 unspecified atom stereocenters. The van der Waals surface area contributed by atoms with Crippen molar-refractivity contribution in [1.29, 1.82) is 0 Å². The molecule has 108 valence electrons. The summed E-state index contributed by atoms with van der Waals surface area (Å²) in [5.74, 6) is 0.463. The number of hydrogen-bond acceptors (Lipinski definition) is 5. The third kappa shape index (κ3) is 2.85. The van der Waals surface area contributed by atoms with Crippen molar-refractivity contribution in [3.63, 3.8) is 0 Å². The smallest absolute Gasteiger partial charge is 0.335 e. The average Bonchev–Trinajstić information content (AvgIpc) is 2.43. The molecule has 6 heteroatoms. The lowest BCUT2D eigenvalue weighted by atomic mass is 9.93. The fourth-order valence-electron chi connectivity index (χ4n) is 2.43. The molecule has 0 atom stereocenters. The number of anilines is 2. The molecule has 1 aromatic heterocycles. The second-order valence-electron chi connectivity index (χ2n) is 5.28. The maximum absolute atomic E-state index is 11.3. The Labute approximate surface area is 117 Å². The number of pyridine rings is 1. The predicted octanol–water partition coefficient (Wildman–Crippen LogP) is 1.58. The number of nitrogens with one attached hydrogen (secondary N) is 1. The van der Waals surface area contributed by atoms with Gasteiger partial charge in [0.25, 0.3) is 0 Å². The Morgan fingerprint density at radius 1 is 1.35 bits per heavy atom. The zero-order valence-corrected chi connectivity index (χ0v) is 11.3. The van der Waals surface area contributed by atoms with Gasteiger partial charge in [0.2, 0.25) is 0 Å². The normalized spacial score (nSPS) is 19.5. The molecule has 0 spiro atoms. The molecule has 2 N–H and O–H groups in total. The topological polar surface area (TPSA) is 74.7 Å². The van der Waals surface area contributed by atoms with Crippen LogP contribution in [0, 0.1) is 0 Å². The molecule has 0 bridgehead atoms. The standard InChI is InChI=1S/C14H19N3O3/c18-14(19)10-8-12(15-11-2-1-3-11)16-13(9-10)17-4-6-20-7-5-17/h8-9,11H,1-7H2,(H,15,16)(H,18,19). The monoisotopic (exact) mass is 277 g/mol. The highest BCUT2D eigenvalue weighted by atomic mass is 16.5. The van der Waals surface area contributed by atoms with Gasteiger partial charge in [0.15, 0.2) is 0 Å². The van der Waals surface area contributed by atoms with E-state index in [1.807, 2.05) is 0 Å². The van der Waals surface area contributed by atoms with Crippen molar-refractivity contribution in [3.8, 4) is 0 Å². The van der Waals surface area contributed by atoms with Gasteiger partial charge in [-0.3, -0.25) is 0 Å². The van der Waals surface area contributed by atoms with Crippen molar-refractivity contribution in [2.75, 3.05) is 36.5 Å². The molecule has 2 heterocycles. The zero-order valence-electron chi connectivity index (χ0n) is 11.3. The molecular formula is C14H19N3O3. The number of ether oxygens (including phenoxy) is 1. The summed E-state index contributed by atoms with van der Waals surface area (Å²) in [6.45, 7) is 2.81. The van der Waals surface area contributed by atoms with Gasteiger partial charge >= 0.3 is 5.97 Å². The highest BCUT2D eigenvalue weighted by molar-refractivity contribution is 5.89. The van der Waals surface area contributed by atoms with Crippen LogP contribution in [0.3, 0.4) is 0 Å². The average molecular weight is 277 g/mol. The van der Waals surface area contributed by atoms with E-state index in [2.05, 4.69) is 15.2 Å². The molecule has 1 saturated carbocycles. The minimum Gasteiger partial charge on any atom is -0.478 e. The molecular weight excluding hydrogens is 258 g/mol. The van der Waals surface area contributed by atoms with Crippen LogP contribution in [0.5, 0.6) is 0 Å². The Kier molecular flexibility index (Phi) is 3.73. The first-order valence-corrected chi connectivity index (χ1v) is 7.07. The van der Waals surface area contributed by atoms with Crippen LogP contribution < -0.4 is 10.2 Å². The quantitative estimate of drug-likeness (QED) is 0.870. The predicted molar refractivity (Wildman–Crippen MR) is 75.5 cm³/mol. The second kappa shape index (κ2) is 5.66. The Balaban J connectivity index is 1.84.